The van der Waals surface area contributed by atoms with Gasteiger partial charge in [0.15, 0.2) is 0 Å². The van der Waals surface area contributed by atoms with Gasteiger partial charge in [0.05, 0.1) is 18.9 Å². The van der Waals surface area contributed by atoms with Crippen LogP contribution in [0.4, 0.5) is 0 Å². The minimum absolute atomic E-state index is 0.0629. The summed E-state index contributed by atoms with van der Waals surface area (Å²) in [4.78, 5) is 27.0. The van der Waals surface area contributed by atoms with E-state index < -0.39 is 5.63 Å². The van der Waals surface area contributed by atoms with Gasteiger partial charge in [0.1, 0.15) is 22.7 Å². The molecule has 4 rings (SSSR count). The average molecular weight is 463 g/mol. The van der Waals surface area contributed by atoms with Gasteiger partial charge in [-0.1, -0.05) is 0 Å². The van der Waals surface area contributed by atoms with Gasteiger partial charge in [-0.15, -0.1) is 0 Å². The van der Waals surface area contributed by atoms with Crippen molar-refractivity contribution in [3.05, 3.63) is 63.5 Å². The second-order valence-electron chi connectivity index (χ2n) is 8.84. The summed E-state index contributed by atoms with van der Waals surface area (Å²) in [6, 6.07) is 10.9. The predicted octanol–water partition coefficient (Wildman–Crippen LogP) is 4.44. The molecule has 2 heterocycles. The van der Waals surface area contributed by atoms with Crippen molar-refractivity contribution in [3.8, 4) is 17.1 Å². The van der Waals surface area contributed by atoms with E-state index in [2.05, 4.69) is 10.2 Å². The van der Waals surface area contributed by atoms with E-state index in [0.29, 0.717) is 23.5 Å². The van der Waals surface area contributed by atoms with Gasteiger partial charge in [0, 0.05) is 29.1 Å². The molecule has 0 aliphatic heterocycles. The number of carbonyl (C=O) groups is 1. The second kappa shape index (κ2) is 9.73. The number of methoxy groups -OCH3 is 1. The smallest absolute Gasteiger partial charge is 0.336 e. The zero-order chi connectivity index (χ0) is 24.4. The number of fused-ring (bicyclic) bond motifs is 3. The summed E-state index contributed by atoms with van der Waals surface area (Å²) in [6.45, 7) is 5.31. The molecule has 7 nitrogen and oxygen atoms in total. The quantitative estimate of drug-likeness (QED) is 0.308. The fourth-order valence-electron chi connectivity index (χ4n) is 4.34. The largest absolute Gasteiger partial charge is 0.497 e. The lowest BCUT2D eigenvalue weighted by molar-refractivity contribution is -0.120. The highest BCUT2D eigenvalue weighted by Crippen LogP contribution is 2.40. The highest BCUT2D eigenvalue weighted by Gasteiger charge is 2.23. The maximum Gasteiger partial charge on any atom is 0.336 e. The van der Waals surface area contributed by atoms with Crippen molar-refractivity contribution in [2.45, 2.75) is 26.7 Å². The third kappa shape index (κ3) is 4.70. The molecule has 4 aromatic rings. The number of aryl methyl sites for hydroxylation is 2. The van der Waals surface area contributed by atoms with E-state index in [1.54, 1.807) is 7.11 Å². The van der Waals surface area contributed by atoms with Crippen LogP contribution in [0.25, 0.3) is 33.3 Å². The molecule has 0 radical (unpaired) electrons. The first-order chi connectivity index (χ1) is 16.3. The van der Waals surface area contributed by atoms with Gasteiger partial charge in [-0.05, 0) is 82.4 Å². The third-order valence-corrected chi connectivity index (χ3v) is 5.96. The lowest BCUT2D eigenvalue weighted by atomic mass is 9.97. The number of hydrogen-bond donors (Lipinski definition) is 1. The second-order valence-corrected chi connectivity index (χ2v) is 8.84. The Kier molecular flexibility index (Phi) is 6.75. The highest BCUT2D eigenvalue weighted by molar-refractivity contribution is 6.09. The normalized spacial score (nSPS) is 11.5. The van der Waals surface area contributed by atoms with Crippen LogP contribution in [0.5, 0.6) is 5.75 Å². The van der Waals surface area contributed by atoms with E-state index >= 15 is 0 Å². The Morgan fingerprint density at radius 3 is 2.41 bits per heavy atom. The van der Waals surface area contributed by atoms with Crippen LogP contribution in [0.3, 0.4) is 0 Å². The molecular weight excluding hydrogens is 432 g/mol. The van der Waals surface area contributed by atoms with Gasteiger partial charge in [-0.2, -0.15) is 0 Å². The number of hydrogen-bond acceptors (Lipinski definition) is 6. The summed E-state index contributed by atoms with van der Waals surface area (Å²) in [5.41, 5.74) is 4.01. The van der Waals surface area contributed by atoms with Crippen molar-refractivity contribution in [2.75, 3.05) is 34.3 Å². The molecule has 0 aliphatic rings. The topological polar surface area (TPSA) is 84.9 Å². The Bertz CT molecular complexity index is 1400. The van der Waals surface area contributed by atoms with Crippen LogP contribution < -0.4 is 15.7 Å². The lowest BCUT2D eigenvalue weighted by Crippen LogP contribution is -2.28. The Hall–Kier alpha value is -3.58. The molecule has 0 bridgehead atoms. The fourth-order valence-corrected chi connectivity index (χ4v) is 4.34. The maximum absolute atomic E-state index is 12.9. The number of benzene rings is 2. The van der Waals surface area contributed by atoms with E-state index in [0.717, 1.165) is 51.7 Å². The van der Waals surface area contributed by atoms with E-state index in [9.17, 15) is 9.59 Å². The molecule has 0 saturated heterocycles. The molecule has 0 aliphatic carbocycles. The van der Waals surface area contributed by atoms with E-state index in [4.69, 9.17) is 13.6 Å². The number of amides is 1. The number of furan rings is 1. The number of nitrogens with one attached hydrogen (secondary N) is 1. The summed E-state index contributed by atoms with van der Waals surface area (Å²) in [5.74, 6) is 1.30. The molecule has 0 fully saturated rings. The molecule has 1 amide bonds. The van der Waals surface area contributed by atoms with Crippen molar-refractivity contribution in [1.29, 1.82) is 0 Å². The van der Waals surface area contributed by atoms with Crippen molar-refractivity contribution in [2.24, 2.45) is 0 Å². The molecule has 7 heteroatoms. The standard InChI is InChI=1S/C27H30N2O5/c1-16-13-21-25(17(2)14-23(31)33-21)27-24(16)20(15-22(30)28-11-6-12-29(3)4)26(34-27)18-7-9-19(32-5)10-8-18/h7-10,13-14H,6,11-12,15H2,1-5H3,(H,28,30). The Morgan fingerprint density at radius 2 is 1.74 bits per heavy atom. The fraction of sp³-hybridized carbons (Fsp3) is 0.333. The summed E-state index contributed by atoms with van der Waals surface area (Å²) >= 11 is 0. The van der Waals surface area contributed by atoms with Crippen LogP contribution >= 0.6 is 0 Å². The maximum atomic E-state index is 12.9. The Balaban J connectivity index is 1.84. The van der Waals surface area contributed by atoms with Crippen LogP contribution in [-0.2, 0) is 11.2 Å². The van der Waals surface area contributed by atoms with Crippen molar-refractivity contribution in [3.63, 3.8) is 0 Å². The molecule has 1 N–H and O–H groups in total. The molecule has 0 spiro atoms. The molecule has 178 valence electrons. The molecule has 0 atom stereocenters. The lowest BCUT2D eigenvalue weighted by Gasteiger charge is -2.10. The van der Waals surface area contributed by atoms with Crippen LogP contribution in [0.15, 0.2) is 50.0 Å². The summed E-state index contributed by atoms with van der Waals surface area (Å²) in [6.07, 6.45) is 1.05. The van der Waals surface area contributed by atoms with Gasteiger partial charge in [-0.3, -0.25) is 4.79 Å². The Labute approximate surface area is 198 Å². The van der Waals surface area contributed by atoms with Crippen molar-refractivity contribution >= 4 is 27.8 Å². The summed E-state index contributed by atoms with van der Waals surface area (Å²) in [5, 5.41) is 4.64. The molecule has 2 aromatic carbocycles. The van der Waals surface area contributed by atoms with Crippen LogP contribution in [0, 0.1) is 13.8 Å². The Morgan fingerprint density at radius 1 is 1.03 bits per heavy atom. The van der Waals surface area contributed by atoms with Gasteiger partial charge < -0.3 is 23.8 Å². The first-order valence-corrected chi connectivity index (χ1v) is 11.3. The van der Waals surface area contributed by atoms with Gasteiger partial charge in [0.2, 0.25) is 5.91 Å². The predicted molar refractivity (Wildman–Crippen MR) is 134 cm³/mol. The first kappa shape index (κ1) is 23.6. The highest BCUT2D eigenvalue weighted by atomic mass is 16.5. The zero-order valence-corrected chi connectivity index (χ0v) is 20.3. The number of rotatable bonds is 8. The number of carbonyl (C=O) groups excluding carboxylic acids is 1. The number of ether oxygens (including phenoxy) is 1. The van der Waals surface area contributed by atoms with E-state index in [1.165, 1.54) is 6.07 Å². The molecule has 0 unspecified atom stereocenters. The molecular formula is C27H30N2O5. The van der Waals surface area contributed by atoms with Crippen LogP contribution in [-0.4, -0.2) is 45.1 Å². The summed E-state index contributed by atoms with van der Waals surface area (Å²) in [7, 11) is 5.64. The minimum Gasteiger partial charge on any atom is -0.497 e. The van der Waals surface area contributed by atoms with E-state index in [1.807, 2.05) is 58.3 Å². The van der Waals surface area contributed by atoms with Crippen LogP contribution in [0.2, 0.25) is 0 Å². The van der Waals surface area contributed by atoms with Crippen LogP contribution in [0.1, 0.15) is 23.1 Å². The van der Waals surface area contributed by atoms with Gasteiger partial charge in [-0.25, -0.2) is 4.79 Å². The van der Waals surface area contributed by atoms with Crippen molar-refractivity contribution in [1.82, 2.24) is 10.2 Å². The number of nitrogens with zero attached hydrogens (tertiary/aromatic N) is 1. The average Bonchev–Trinajstić information content (AvgIpc) is 3.15. The summed E-state index contributed by atoms with van der Waals surface area (Å²) < 4.78 is 17.2. The molecule has 34 heavy (non-hydrogen) atoms. The van der Waals surface area contributed by atoms with Gasteiger partial charge >= 0.3 is 5.63 Å². The monoisotopic (exact) mass is 462 g/mol. The molecule has 0 saturated carbocycles. The van der Waals surface area contributed by atoms with Crippen molar-refractivity contribution < 1.29 is 18.4 Å². The minimum atomic E-state index is -0.400. The van der Waals surface area contributed by atoms with E-state index in [-0.39, 0.29) is 12.3 Å². The zero-order valence-electron chi connectivity index (χ0n) is 20.3. The van der Waals surface area contributed by atoms with Gasteiger partial charge in [0.25, 0.3) is 0 Å². The SMILES string of the molecule is COc1ccc(-c2oc3c(c(C)cc4oc(=O)cc(C)c43)c2CC(=O)NCCCN(C)C)cc1. The third-order valence-electron chi connectivity index (χ3n) is 5.96. The first-order valence-electron chi connectivity index (χ1n) is 11.3. The molecule has 2 aromatic heterocycles.